The van der Waals surface area contributed by atoms with Crippen LogP contribution in [0, 0.1) is 6.92 Å². The fourth-order valence-electron chi connectivity index (χ4n) is 2.73. The molecule has 0 saturated carbocycles. The number of likely N-dealkylation sites (tertiary alicyclic amines) is 1. The summed E-state index contributed by atoms with van der Waals surface area (Å²) in [5, 5.41) is 7.12. The number of hydrogen-bond donors (Lipinski definition) is 1. The van der Waals surface area contributed by atoms with E-state index < -0.39 is 0 Å². The summed E-state index contributed by atoms with van der Waals surface area (Å²) in [4.78, 5) is 13.4. The van der Waals surface area contributed by atoms with Gasteiger partial charge in [-0.2, -0.15) is 5.10 Å². The van der Waals surface area contributed by atoms with Gasteiger partial charge in [-0.05, 0) is 25.0 Å². The minimum absolute atomic E-state index is 0.0957. The first-order valence-corrected chi connectivity index (χ1v) is 7.20. The minimum Gasteiger partial charge on any atom is -0.468 e. The van der Waals surface area contributed by atoms with Crippen molar-refractivity contribution in [3.8, 4) is 0 Å². The number of anilines is 1. The van der Waals surface area contributed by atoms with E-state index in [1.165, 1.54) is 12.5 Å². The smallest absolute Gasteiger partial charge is 0.222 e. The second kappa shape index (κ2) is 5.73. The van der Waals surface area contributed by atoms with Gasteiger partial charge in [0.25, 0.3) is 0 Å². The zero-order chi connectivity index (χ0) is 14.8. The Kier molecular flexibility index (Phi) is 3.79. The normalized spacial score (nSPS) is 19.0. The Morgan fingerprint density at radius 2 is 2.38 bits per heavy atom. The highest BCUT2D eigenvalue weighted by atomic mass is 16.3. The first kappa shape index (κ1) is 13.9. The number of aryl methyl sites for hydroxylation is 1. The number of hydrogen-bond acceptors (Lipinski definition) is 4. The maximum atomic E-state index is 11.0. The van der Waals surface area contributed by atoms with E-state index in [4.69, 9.17) is 4.42 Å². The highest BCUT2D eigenvalue weighted by molar-refractivity contribution is 5.87. The Balaban J connectivity index is 1.60. The van der Waals surface area contributed by atoms with Crippen molar-refractivity contribution in [1.29, 1.82) is 0 Å². The SMILES string of the molecule is CC(=O)Nc1ccn([C@H]2CCN(Cc3occc3C)C2)n1. The number of furan rings is 1. The Morgan fingerprint density at radius 3 is 3.10 bits per heavy atom. The van der Waals surface area contributed by atoms with Gasteiger partial charge < -0.3 is 9.73 Å². The first-order chi connectivity index (χ1) is 10.1. The van der Waals surface area contributed by atoms with Gasteiger partial charge in [0, 0.05) is 32.3 Å². The maximum absolute atomic E-state index is 11.0. The zero-order valence-electron chi connectivity index (χ0n) is 12.4. The molecular formula is C15H20N4O2. The van der Waals surface area contributed by atoms with Crippen LogP contribution in [-0.2, 0) is 11.3 Å². The van der Waals surface area contributed by atoms with Gasteiger partial charge in [-0.15, -0.1) is 0 Å². The van der Waals surface area contributed by atoms with Crippen molar-refractivity contribution in [2.45, 2.75) is 32.9 Å². The van der Waals surface area contributed by atoms with Gasteiger partial charge in [0.1, 0.15) is 5.76 Å². The number of nitrogens with zero attached hydrogens (tertiary/aromatic N) is 3. The van der Waals surface area contributed by atoms with Crippen LogP contribution < -0.4 is 5.32 Å². The van der Waals surface area contributed by atoms with Crippen LogP contribution in [-0.4, -0.2) is 33.7 Å². The molecule has 0 aromatic carbocycles. The number of nitrogens with one attached hydrogen (secondary N) is 1. The molecular weight excluding hydrogens is 268 g/mol. The van der Waals surface area contributed by atoms with Crippen LogP contribution in [0.15, 0.2) is 29.0 Å². The molecule has 1 fully saturated rings. The van der Waals surface area contributed by atoms with Crippen LogP contribution in [0.4, 0.5) is 5.82 Å². The summed E-state index contributed by atoms with van der Waals surface area (Å²) in [5.41, 5.74) is 1.20. The molecule has 6 heteroatoms. The Hall–Kier alpha value is -2.08. The van der Waals surface area contributed by atoms with Crippen molar-refractivity contribution < 1.29 is 9.21 Å². The molecule has 0 bridgehead atoms. The van der Waals surface area contributed by atoms with Crippen molar-refractivity contribution >= 4 is 11.7 Å². The summed E-state index contributed by atoms with van der Waals surface area (Å²) in [5.74, 6) is 1.56. The largest absolute Gasteiger partial charge is 0.468 e. The molecule has 0 aliphatic carbocycles. The van der Waals surface area contributed by atoms with Gasteiger partial charge in [-0.1, -0.05) is 0 Å². The van der Waals surface area contributed by atoms with E-state index in [9.17, 15) is 4.79 Å². The van der Waals surface area contributed by atoms with Crippen LogP contribution >= 0.6 is 0 Å². The maximum Gasteiger partial charge on any atom is 0.222 e. The third-order valence-corrected chi connectivity index (χ3v) is 3.87. The van der Waals surface area contributed by atoms with Gasteiger partial charge in [0.2, 0.25) is 5.91 Å². The third kappa shape index (κ3) is 3.16. The predicted molar refractivity (Wildman–Crippen MR) is 78.9 cm³/mol. The highest BCUT2D eigenvalue weighted by Crippen LogP contribution is 2.24. The van der Waals surface area contributed by atoms with E-state index in [2.05, 4.69) is 22.2 Å². The molecule has 21 heavy (non-hydrogen) atoms. The van der Waals surface area contributed by atoms with Crippen LogP contribution in [0.5, 0.6) is 0 Å². The minimum atomic E-state index is -0.0957. The van der Waals surface area contributed by atoms with Crippen molar-refractivity contribution in [1.82, 2.24) is 14.7 Å². The second-order valence-electron chi connectivity index (χ2n) is 5.57. The molecule has 3 rings (SSSR count). The van der Waals surface area contributed by atoms with Crippen LogP contribution in [0.2, 0.25) is 0 Å². The number of carbonyl (C=O) groups is 1. The molecule has 1 atom stereocenters. The molecule has 112 valence electrons. The molecule has 1 N–H and O–H groups in total. The van der Waals surface area contributed by atoms with Crippen molar-refractivity contribution in [2.75, 3.05) is 18.4 Å². The third-order valence-electron chi connectivity index (χ3n) is 3.87. The second-order valence-corrected chi connectivity index (χ2v) is 5.57. The van der Waals surface area contributed by atoms with E-state index in [0.717, 1.165) is 31.8 Å². The first-order valence-electron chi connectivity index (χ1n) is 7.20. The molecule has 0 unspecified atom stereocenters. The molecule has 3 heterocycles. The lowest BCUT2D eigenvalue weighted by Crippen LogP contribution is -2.21. The van der Waals surface area contributed by atoms with Gasteiger partial charge in [-0.25, -0.2) is 0 Å². The quantitative estimate of drug-likeness (QED) is 0.936. The summed E-state index contributed by atoms with van der Waals surface area (Å²) in [6, 6.07) is 4.18. The molecule has 1 amide bonds. The van der Waals surface area contributed by atoms with Crippen molar-refractivity contribution in [2.24, 2.45) is 0 Å². The van der Waals surface area contributed by atoms with Gasteiger partial charge in [-0.3, -0.25) is 14.4 Å². The lowest BCUT2D eigenvalue weighted by atomic mass is 10.2. The van der Waals surface area contributed by atoms with Gasteiger partial charge in [0.05, 0.1) is 18.8 Å². The Morgan fingerprint density at radius 1 is 1.52 bits per heavy atom. The number of amides is 1. The van der Waals surface area contributed by atoms with E-state index in [0.29, 0.717) is 11.9 Å². The Labute approximate surface area is 123 Å². The lowest BCUT2D eigenvalue weighted by molar-refractivity contribution is -0.114. The summed E-state index contributed by atoms with van der Waals surface area (Å²) >= 11 is 0. The lowest BCUT2D eigenvalue weighted by Gasteiger charge is -2.15. The monoisotopic (exact) mass is 288 g/mol. The molecule has 6 nitrogen and oxygen atoms in total. The summed E-state index contributed by atoms with van der Waals surface area (Å²) < 4.78 is 7.45. The van der Waals surface area contributed by atoms with E-state index in [1.54, 1.807) is 6.26 Å². The summed E-state index contributed by atoms with van der Waals surface area (Å²) in [6.07, 6.45) is 4.73. The van der Waals surface area contributed by atoms with Gasteiger partial charge >= 0.3 is 0 Å². The standard InChI is InChI=1S/C15H20N4O2/c1-11-5-8-21-14(11)10-18-6-3-13(9-18)19-7-4-15(17-19)16-12(2)20/h4-5,7-8,13H,3,6,9-10H2,1-2H3,(H,16,17,20)/t13-/m0/s1. The predicted octanol–water partition coefficient (Wildman–Crippen LogP) is 2.19. The fourth-order valence-corrected chi connectivity index (χ4v) is 2.73. The molecule has 0 spiro atoms. The summed E-state index contributed by atoms with van der Waals surface area (Å²) in [6.45, 7) is 6.37. The van der Waals surface area contributed by atoms with Crippen LogP contribution in [0.25, 0.3) is 0 Å². The highest BCUT2D eigenvalue weighted by Gasteiger charge is 2.25. The number of rotatable bonds is 4. The van der Waals surface area contributed by atoms with Crippen molar-refractivity contribution in [3.05, 3.63) is 35.9 Å². The topological polar surface area (TPSA) is 63.3 Å². The molecule has 0 radical (unpaired) electrons. The molecule has 2 aromatic rings. The fraction of sp³-hybridized carbons (Fsp3) is 0.467. The average molecular weight is 288 g/mol. The summed E-state index contributed by atoms with van der Waals surface area (Å²) in [7, 11) is 0. The van der Waals surface area contributed by atoms with E-state index in [-0.39, 0.29) is 5.91 Å². The van der Waals surface area contributed by atoms with Gasteiger partial charge in [0.15, 0.2) is 5.82 Å². The van der Waals surface area contributed by atoms with Crippen LogP contribution in [0.1, 0.15) is 30.7 Å². The molecule has 1 aliphatic heterocycles. The van der Waals surface area contributed by atoms with Crippen LogP contribution in [0.3, 0.4) is 0 Å². The molecule has 1 saturated heterocycles. The zero-order valence-corrected chi connectivity index (χ0v) is 12.4. The Bertz CT molecular complexity index is 631. The number of aromatic nitrogens is 2. The van der Waals surface area contributed by atoms with E-state index in [1.807, 2.05) is 23.0 Å². The average Bonchev–Trinajstić information content (AvgIpc) is 3.12. The molecule has 2 aromatic heterocycles. The van der Waals surface area contributed by atoms with Crippen molar-refractivity contribution in [3.63, 3.8) is 0 Å². The molecule has 1 aliphatic rings. The number of carbonyl (C=O) groups excluding carboxylic acids is 1. The van der Waals surface area contributed by atoms with E-state index >= 15 is 0 Å².